The van der Waals surface area contributed by atoms with Crippen LogP contribution in [0.3, 0.4) is 0 Å². The molecule has 0 fully saturated rings. The number of rotatable bonds is 10. The number of ether oxygens (including phenoxy) is 1. The summed E-state index contributed by atoms with van der Waals surface area (Å²) < 4.78 is 5.82. The molecule has 0 atom stereocenters. The van der Waals surface area contributed by atoms with Gasteiger partial charge in [-0.05, 0) is 49.9 Å². The summed E-state index contributed by atoms with van der Waals surface area (Å²) in [5.74, 6) is -1.38. The van der Waals surface area contributed by atoms with Crippen molar-refractivity contribution in [2.24, 2.45) is 0 Å². The first-order chi connectivity index (χ1) is 11.0. The van der Waals surface area contributed by atoms with Crippen LogP contribution in [0.25, 0.3) is 0 Å². The predicted octanol–water partition coefficient (Wildman–Crippen LogP) is 5.07. The van der Waals surface area contributed by atoms with Crippen LogP contribution >= 0.6 is 0 Å². The molecule has 1 N–H and O–H groups in total. The molecule has 1 aromatic carbocycles. The second-order valence-corrected chi connectivity index (χ2v) is 5.97. The summed E-state index contributed by atoms with van der Waals surface area (Å²) >= 11 is 0. The van der Waals surface area contributed by atoms with Crippen molar-refractivity contribution in [1.29, 1.82) is 0 Å². The Labute approximate surface area is 138 Å². The van der Waals surface area contributed by atoms with Gasteiger partial charge in [0.25, 0.3) is 0 Å². The lowest BCUT2D eigenvalue weighted by atomic mass is 9.90. The van der Waals surface area contributed by atoms with Crippen LogP contribution in [0.5, 0.6) is 0 Å². The van der Waals surface area contributed by atoms with E-state index in [1.165, 1.54) is 37.1 Å². The summed E-state index contributed by atoms with van der Waals surface area (Å²) in [5, 5.41) is 8.90. The molecule has 0 radical (unpaired) electrons. The number of carboxylic acid groups (broad SMARTS) is 1. The Hall–Kier alpha value is -1.84. The minimum atomic E-state index is -1.00. The van der Waals surface area contributed by atoms with Crippen LogP contribution in [0, 0.1) is 0 Å². The number of unbranched alkanes of at least 4 members (excludes halogenated alkanes) is 3. The molecule has 128 valence electrons. The standard InChI is InChI=1S/C19H28O4/c1-4-7-8-9-14-19(5-2,6-3)23-18(22)16-12-10-15(11-13-16)17(20)21/h10-13H,4-9,14H2,1-3H3,(H,20,21). The van der Waals surface area contributed by atoms with Crippen LogP contribution in [0.1, 0.15) is 86.4 Å². The van der Waals surface area contributed by atoms with E-state index in [2.05, 4.69) is 6.92 Å². The van der Waals surface area contributed by atoms with Crippen molar-refractivity contribution in [3.8, 4) is 0 Å². The van der Waals surface area contributed by atoms with Gasteiger partial charge in [0.1, 0.15) is 5.60 Å². The highest BCUT2D eigenvalue weighted by Crippen LogP contribution is 2.29. The van der Waals surface area contributed by atoms with Gasteiger partial charge in [0.05, 0.1) is 11.1 Å². The Morgan fingerprint density at radius 1 is 0.957 bits per heavy atom. The van der Waals surface area contributed by atoms with E-state index >= 15 is 0 Å². The van der Waals surface area contributed by atoms with E-state index in [0.29, 0.717) is 5.56 Å². The van der Waals surface area contributed by atoms with Crippen LogP contribution in [0.4, 0.5) is 0 Å². The van der Waals surface area contributed by atoms with E-state index in [1.807, 2.05) is 13.8 Å². The number of aromatic carboxylic acids is 1. The molecule has 0 saturated heterocycles. The van der Waals surface area contributed by atoms with Gasteiger partial charge >= 0.3 is 11.9 Å². The lowest BCUT2D eigenvalue weighted by Gasteiger charge is -2.31. The lowest BCUT2D eigenvalue weighted by Crippen LogP contribution is -2.34. The normalized spacial score (nSPS) is 11.3. The van der Waals surface area contributed by atoms with Gasteiger partial charge in [-0.3, -0.25) is 0 Å². The van der Waals surface area contributed by atoms with Gasteiger partial charge in [0, 0.05) is 0 Å². The van der Waals surface area contributed by atoms with E-state index in [1.54, 1.807) is 0 Å². The number of hydrogen-bond acceptors (Lipinski definition) is 3. The summed E-state index contributed by atoms with van der Waals surface area (Å²) in [6.45, 7) is 6.27. The quantitative estimate of drug-likeness (QED) is 0.483. The molecular formula is C19H28O4. The van der Waals surface area contributed by atoms with Crippen molar-refractivity contribution in [3.63, 3.8) is 0 Å². The fourth-order valence-electron chi connectivity index (χ4n) is 2.68. The van der Waals surface area contributed by atoms with Crippen molar-refractivity contribution >= 4 is 11.9 Å². The Morgan fingerprint density at radius 2 is 1.52 bits per heavy atom. The first-order valence-corrected chi connectivity index (χ1v) is 8.54. The zero-order valence-electron chi connectivity index (χ0n) is 14.4. The molecule has 1 aromatic rings. The molecule has 23 heavy (non-hydrogen) atoms. The highest BCUT2D eigenvalue weighted by Gasteiger charge is 2.30. The first-order valence-electron chi connectivity index (χ1n) is 8.54. The van der Waals surface area contributed by atoms with E-state index in [-0.39, 0.29) is 11.5 Å². The Kier molecular flexibility index (Phi) is 7.79. The highest BCUT2D eigenvalue weighted by atomic mass is 16.6. The van der Waals surface area contributed by atoms with Gasteiger partial charge in [0.2, 0.25) is 0 Å². The zero-order valence-corrected chi connectivity index (χ0v) is 14.4. The van der Waals surface area contributed by atoms with E-state index in [9.17, 15) is 9.59 Å². The summed E-state index contributed by atoms with van der Waals surface area (Å²) in [6.07, 6.45) is 7.04. The number of hydrogen-bond donors (Lipinski definition) is 1. The topological polar surface area (TPSA) is 63.6 Å². The summed E-state index contributed by atoms with van der Waals surface area (Å²) in [5.41, 5.74) is 0.143. The van der Waals surface area contributed by atoms with Gasteiger partial charge in [-0.2, -0.15) is 0 Å². The molecule has 0 aliphatic heterocycles. The second kappa shape index (κ2) is 9.33. The van der Waals surface area contributed by atoms with Gasteiger partial charge in [-0.15, -0.1) is 0 Å². The highest BCUT2D eigenvalue weighted by molar-refractivity contribution is 5.92. The molecule has 1 rings (SSSR count). The largest absolute Gasteiger partial charge is 0.478 e. The second-order valence-electron chi connectivity index (χ2n) is 5.97. The molecule has 0 aromatic heterocycles. The maximum Gasteiger partial charge on any atom is 0.338 e. The summed E-state index contributed by atoms with van der Waals surface area (Å²) in [4.78, 5) is 23.2. The maximum absolute atomic E-state index is 12.4. The van der Waals surface area contributed by atoms with E-state index in [4.69, 9.17) is 9.84 Å². The molecule has 0 amide bonds. The van der Waals surface area contributed by atoms with E-state index in [0.717, 1.165) is 32.1 Å². The minimum absolute atomic E-state index is 0.165. The molecular weight excluding hydrogens is 292 g/mol. The molecule has 0 aliphatic carbocycles. The number of carboxylic acids is 1. The first kappa shape index (κ1) is 19.2. The van der Waals surface area contributed by atoms with Crippen LogP contribution in [-0.4, -0.2) is 22.6 Å². The molecule has 4 nitrogen and oxygen atoms in total. The minimum Gasteiger partial charge on any atom is -0.478 e. The van der Waals surface area contributed by atoms with Crippen molar-refractivity contribution in [2.75, 3.05) is 0 Å². The number of benzene rings is 1. The fourth-order valence-corrected chi connectivity index (χ4v) is 2.68. The van der Waals surface area contributed by atoms with Crippen molar-refractivity contribution < 1.29 is 19.4 Å². The SMILES string of the molecule is CCCCCCC(CC)(CC)OC(=O)c1ccc(C(=O)O)cc1. The fraction of sp³-hybridized carbons (Fsp3) is 0.579. The van der Waals surface area contributed by atoms with Crippen molar-refractivity contribution in [1.82, 2.24) is 0 Å². The zero-order chi connectivity index (χ0) is 17.3. The maximum atomic E-state index is 12.4. The molecule has 0 saturated carbocycles. The monoisotopic (exact) mass is 320 g/mol. The number of carbonyl (C=O) groups is 2. The van der Waals surface area contributed by atoms with Crippen LogP contribution in [0.15, 0.2) is 24.3 Å². The Balaban J connectivity index is 2.74. The average Bonchev–Trinajstić information content (AvgIpc) is 2.57. The Morgan fingerprint density at radius 3 is 2.00 bits per heavy atom. The summed E-state index contributed by atoms with van der Waals surface area (Å²) in [7, 11) is 0. The third-order valence-corrected chi connectivity index (χ3v) is 4.45. The van der Waals surface area contributed by atoms with Gasteiger partial charge in [-0.25, -0.2) is 9.59 Å². The third kappa shape index (κ3) is 5.70. The molecule has 4 heteroatoms. The Bertz CT molecular complexity index is 501. The van der Waals surface area contributed by atoms with E-state index < -0.39 is 11.6 Å². The van der Waals surface area contributed by atoms with Crippen molar-refractivity contribution in [3.05, 3.63) is 35.4 Å². The lowest BCUT2D eigenvalue weighted by molar-refractivity contribution is -0.0286. The molecule has 0 spiro atoms. The molecule has 0 bridgehead atoms. The van der Waals surface area contributed by atoms with Gasteiger partial charge in [0.15, 0.2) is 0 Å². The van der Waals surface area contributed by atoms with Crippen molar-refractivity contribution in [2.45, 2.75) is 71.3 Å². The molecule has 0 unspecified atom stereocenters. The van der Waals surface area contributed by atoms with Gasteiger partial charge < -0.3 is 9.84 Å². The average molecular weight is 320 g/mol. The smallest absolute Gasteiger partial charge is 0.338 e. The number of carbonyl (C=O) groups excluding carboxylic acids is 1. The summed E-state index contributed by atoms with van der Waals surface area (Å²) in [6, 6.07) is 5.89. The van der Waals surface area contributed by atoms with Crippen LogP contribution in [-0.2, 0) is 4.74 Å². The molecule has 0 aliphatic rings. The van der Waals surface area contributed by atoms with Crippen LogP contribution in [0.2, 0.25) is 0 Å². The molecule has 0 heterocycles. The third-order valence-electron chi connectivity index (χ3n) is 4.45. The number of esters is 1. The van der Waals surface area contributed by atoms with Crippen LogP contribution < -0.4 is 0 Å². The van der Waals surface area contributed by atoms with Gasteiger partial charge in [-0.1, -0.05) is 40.0 Å². The predicted molar refractivity (Wildman–Crippen MR) is 90.9 cm³/mol.